The maximum atomic E-state index is 12.8. The Bertz CT molecular complexity index is 864. The number of anilines is 2. The van der Waals surface area contributed by atoms with Crippen LogP contribution in [0.3, 0.4) is 0 Å². The van der Waals surface area contributed by atoms with Gasteiger partial charge in [0.05, 0.1) is 18.8 Å². The molecule has 2 amide bonds. The number of nitrogens with zero attached hydrogens (tertiary/aromatic N) is 1. The minimum Gasteiger partial charge on any atom is -0.495 e. The van der Waals surface area contributed by atoms with Crippen molar-refractivity contribution in [2.75, 3.05) is 24.8 Å². The number of rotatable bonds is 7. The molecule has 6 nitrogen and oxygen atoms in total. The predicted octanol–water partition coefficient (Wildman–Crippen LogP) is 3.73. The lowest BCUT2D eigenvalue weighted by molar-refractivity contribution is -0.120. The van der Waals surface area contributed by atoms with Gasteiger partial charge in [0.1, 0.15) is 5.75 Å². The van der Waals surface area contributed by atoms with E-state index in [-0.39, 0.29) is 17.9 Å². The summed E-state index contributed by atoms with van der Waals surface area (Å²) >= 11 is 0. The molecular formula is C22H29N3O3. The van der Waals surface area contributed by atoms with E-state index in [1.54, 1.807) is 25.3 Å². The molecule has 0 unspecified atom stereocenters. The van der Waals surface area contributed by atoms with E-state index in [1.807, 2.05) is 18.9 Å². The van der Waals surface area contributed by atoms with Gasteiger partial charge in [0, 0.05) is 19.2 Å². The van der Waals surface area contributed by atoms with Crippen LogP contribution in [0.2, 0.25) is 0 Å². The zero-order valence-electron chi connectivity index (χ0n) is 17.4. The second-order valence-electron chi connectivity index (χ2n) is 7.11. The Morgan fingerprint density at radius 3 is 2.43 bits per heavy atom. The number of aryl methyl sites for hydroxylation is 2. The Labute approximate surface area is 166 Å². The van der Waals surface area contributed by atoms with Gasteiger partial charge in [0.2, 0.25) is 11.8 Å². The van der Waals surface area contributed by atoms with Gasteiger partial charge in [0.15, 0.2) is 0 Å². The molecule has 0 aliphatic rings. The van der Waals surface area contributed by atoms with Crippen LogP contribution in [0.25, 0.3) is 0 Å². The Hall–Kier alpha value is -2.86. The number of benzene rings is 2. The van der Waals surface area contributed by atoms with Gasteiger partial charge in [-0.2, -0.15) is 0 Å². The van der Waals surface area contributed by atoms with Gasteiger partial charge >= 0.3 is 0 Å². The largest absolute Gasteiger partial charge is 0.495 e. The summed E-state index contributed by atoms with van der Waals surface area (Å²) in [6, 6.07) is 11.1. The van der Waals surface area contributed by atoms with Crippen LogP contribution in [0.5, 0.6) is 5.75 Å². The van der Waals surface area contributed by atoms with Gasteiger partial charge in [-0.15, -0.1) is 0 Å². The molecule has 28 heavy (non-hydrogen) atoms. The van der Waals surface area contributed by atoms with Crippen molar-refractivity contribution in [1.29, 1.82) is 0 Å². The van der Waals surface area contributed by atoms with Gasteiger partial charge in [-0.1, -0.05) is 23.8 Å². The molecule has 0 fully saturated rings. The maximum Gasteiger partial charge on any atom is 0.241 e. The number of hydrogen-bond acceptors (Lipinski definition) is 4. The molecule has 2 rings (SSSR count). The van der Waals surface area contributed by atoms with Gasteiger partial charge < -0.3 is 15.4 Å². The zero-order chi connectivity index (χ0) is 20.8. The molecule has 150 valence electrons. The van der Waals surface area contributed by atoms with E-state index in [1.165, 1.54) is 23.6 Å². The zero-order valence-corrected chi connectivity index (χ0v) is 17.4. The topological polar surface area (TPSA) is 70.7 Å². The van der Waals surface area contributed by atoms with Crippen LogP contribution < -0.4 is 15.4 Å². The molecular weight excluding hydrogens is 354 g/mol. The number of ether oxygens (including phenoxy) is 1. The highest BCUT2D eigenvalue weighted by Crippen LogP contribution is 2.28. The lowest BCUT2D eigenvalue weighted by atomic mass is 10.0. The fraction of sp³-hybridized carbons (Fsp3) is 0.364. The van der Waals surface area contributed by atoms with Crippen LogP contribution in [0, 0.1) is 13.8 Å². The third-order valence-electron chi connectivity index (χ3n) is 4.74. The molecule has 6 heteroatoms. The normalized spacial score (nSPS) is 11.8. The van der Waals surface area contributed by atoms with Crippen molar-refractivity contribution in [2.45, 2.75) is 40.3 Å². The summed E-state index contributed by atoms with van der Waals surface area (Å²) in [6.45, 7) is 8.12. The van der Waals surface area contributed by atoms with Gasteiger partial charge in [-0.05, 0) is 57.1 Å². The van der Waals surface area contributed by atoms with Crippen molar-refractivity contribution in [3.63, 3.8) is 0 Å². The summed E-state index contributed by atoms with van der Waals surface area (Å²) in [5.74, 6) is 0.209. The van der Waals surface area contributed by atoms with Crippen molar-refractivity contribution >= 4 is 23.2 Å². The lowest BCUT2D eigenvalue weighted by Crippen LogP contribution is -2.39. The number of carbonyl (C=O) groups excluding carboxylic acids is 2. The first-order valence-corrected chi connectivity index (χ1v) is 9.24. The molecule has 2 aromatic rings. The summed E-state index contributed by atoms with van der Waals surface area (Å²) in [6.07, 6.45) is 0. The van der Waals surface area contributed by atoms with Crippen molar-refractivity contribution in [3.05, 3.63) is 53.1 Å². The van der Waals surface area contributed by atoms with Crippen LogP contribution in [0.1, 0.15) is 30.5 Å². The average molecular weight is 383 g/mol. The van der Waals surface area contributed by atoms with E-state index in [4.69, 9.17) is 4.74 Å². The van der Waals surface area contributed by atoms with E-state index < -0.39 is 0 Å². The molecule has 0 aliphatic heterocycles. The van der Waals surface area contributed by atoms with Crippen molar-refractivity contribution in [3.8, 4) is 5.75 Å². The van der Waals surface area contributed by atoms with E-state index in [2.05, 4.69) is 42.7 Å². The molecule has 0 spiro atoms. The molecule has 0 saturated carbocycles. The van der Waals surface area contributed by atoms with Gasteiger partial charge in [-0.3, -0.25) is 14.5 Å². The van der Waals surface area contributed by atoms with Crippen LogP contribution in [0.4, 0.5) is 11.4 Å². The SMILES string of the molecule is COc1ccc(NC(C)=O)cc1NC(=O)[C@H](C)N(C)Cc1ccc(C)cc1C. The third-order valence-corrected chi connectivity index (χ3v) is 4.74. The Kier molecular flexibility index (Phi) is 7.18. The molecule has 0 radical (unpaired) electrons. The van der Waals surface area contributed by atoms with Crippen LogP contribution >= 0.6 is 0 Å². The molecule has 2 N–H and O–H groups in total. The second kappa shape index (κ2) is 9.37. The first kappa shape index (κ1) is 21.4. The second-order valence-corrected chi connectivity index (χ2v) is 7.11. The number of amides is 2. The Morgan fingerprint density at radius 2 is 1.82 bits per heavy atom. The smallest absolute Gasteiger partial charge is 0.241 e. The first-order valence-electron chi connectivity index (χ1n) is 9.24. The van der Waals surface area contributed by atoms with E-state index in [0.717, 1.165) is 0 Å². The summed E-state index contributed by atoms with van der Waals surface area (Å²) in [7, 11) is 3.47. The summed E-state index contributed by atoms with van der Waals surface area (Å²) < 4.78 is 5.33. The Balaban J connectivity index is 2.11. The number of hydrogen-bond donors (Lipinski definition) is 2. The monoisotopic (exact) mass is 383 g/mol. The van der Waals surface area contributed by atoms with Crippen LogP contribution in [-0.2, 0) is 16.1 Å². The molecule has 0 aliphatic carbocycles. The first-order chi connectivity index (χ1) is 13.2. The standard InChI is InChI=1S/C22H29N3O3/c1-14-7-8-18(15(2)11-14)13-25(5)16(3)22(27)24-20-12-19(23-17(4)26)9-10-21(20)28-6/h7-12,16H,13H2,1-6H3,(H,23,26)(H,24,27)/t16-/m0/s1. The van der Waals surface area contributed by atoms with E-state index in [9.17, 15) is 9.59 Å². The fourth-order valence-electron chi connectivity index (χ4n) is 2.95. The van der Waals surface area contributed by atoms with Crippen LogP contribution in [0.15, 0.2) is 36.4 Å². The Morgan fingerprint density at radius 1 is 1.11 bits per heavy atom. The summed E-state index contributed by atoms with van der Waals surface area (Å²) in [4.78, 5) is 26.1. The minimum atomic E-state index is -0.352. The van der Waals surface area contributed by atoms with Crippen molar-refractivity contribution in [2.24, 2.45) is 0 Å². The van der Waals surface area contributed by atoms with E-state index in [0.29, 0.717) is 23.7 Å². The highest BCUT2D eigenvalue weighted by atomic mass is 16.5. The predicted molar refractivity (Wildman–Crippen MR) is 113 cm³/mol. The molecule has 0 bridgehead atoms. The molecule has 0 heterocycles. The lowest BCUT2D eigenvalue weighted by Gasteiger charge is -2.25. The fourth-order valence-corrected chi connectivity index (χ4v) is 2.95. The highest BCUT2D eigenvalue weighted by Gasteiger charge is 2.20. The minimum absolute atomic E-state index is 0.148. The molecule has 1 atom stereocenters. The average Bonchev–Trinajstić information content (AvgIpc) is 2.63. The van der Waals surface area contributed by atoms with Gasteiger partial charge in [0.25, 0.3) is 0 Å². The summed E-state index contributed by atoms with van der Waals surface area (Å²) in [5, 5.41) is 5.62. The molecule has 2 aromatic carbocycles. The number of likely N-dealkylation sites (N-methyl/N-ethyl adjacent to an activating group) is 1. The van der Waals surface area contributed by atoms with Crippen molar-refractivity contribution in [1.82, 2.24) is 4.90 Å². The summed E-state index contributed by atoms with van der Waals surface area (Å²) in [5.41, 5.74) is 4.74. The van der Waals surface area contributed by atoms with Crippen LogP contribution in [-0.4, -0.2) is 36.9 Å². The maximum absolute atomic E-state index is 12.8. The number of nitrogens with one attached hydrogen (secondary N) is 2. The molecule has 0 aromatic heterocycles. The number of carbonyl (C=O) groups is 2. The molecule has 0 saturated heterocycles. The third kappa shape index (κ3) is 5.57. The van der Waals surface area contributed by atoms with Gasteiger partial charge in [-0.25, -0.2) is 0 Å². The highest BCUT2D eigenvalue weighted by molar-refractivity contribution is 5.97. The number of methoxy groups -OCH3 is 1. The van der Waals surface area contributed by atoms with E-state index >= 15 is 0 Å². The quantitative estimate of drug-likeness (QED) is 0.764. The van der Waals surface area contributed by atoms with Crippen molar-refractivity contribution < 1.29 is 14.3 Å².